The van der Waals surface area contributed by atoms with Crippen LogP contribution in [0.5, 0.6) is 0 Å². The maximum absolute atomic E-state index is 5.95. The van der Waals surface area contributed by atoms with Crippen LogP contribution in [0, 0.1) is 0 Å². The molecular formula is C19H27ClN2OS. The average molecular weight is 367 g/mol. The van der Waals surface area contributed by atoms with Crippen molar-refractivity contribution in [1.29, 1.82) is 0 Å². The molecule has 0 aliphatic rings. The van der Waals surface area contributed by atoms with Crippen molar-refractivity contribution in [2.75, 3.05) is 13.2 Å². The maximum atomic E-state index is 5.95. The molecule has 0 saturated heterocycles. The zero-order chi connectivity index (χ0) is 17.0. The summed E-state index contributed by atoms with van der Waals surface area (Å²) in [5.41, 5.74) is 1.29. The number of halogens is 1. The highest BCUT2D eigenvalue weighted by Crippen LogP contribution is 2.21. The van der Waals surface area contributed by atoms with E-state index in [2.05, 4.69) is 28.6 Å². The predicted octanol–water partition coefficient (Wildman–Crippen LogP) is 5.44. The van der Waals surface area contributed by atoms with Gasteiger partial charge in [-0.15, -0.1) is 11.8 Å². The average Bonchev–Trinajstić information content (AvgIpc) is 3.10. The van der Waals surface area contributed by atoms with Crippen LogP contribution >= 0.6 is 23.4 Å². The Kier molecular flexibility index (Phi) is 9.32. The van der Waals surface area contributed by atoms with Gasteiger partial charge in [0.25, 0.3) is 0 Å². The van der Waals surface area contributed by atoms with E-state index in [4.69, 9.17) is 16.3 Å². The molecule has 0 spiro atoms. The second-order valence-corrected chi connectivity index (χ2v) is 7.68. The predicted molar refractivity (Wildman–Crippen MR) is 104 cm³/mol. The lowest BCUT2D eigenvalue weighted by Gasteiger charge is -2.17. The lowest BCUT2D eigenvalue weighted by atomic mass is 10.2. The van der Waals surface area contributed by atoms with E-state index in [0.29, 0.717) is 5.25 Å². The number of rotatable bonds is 12. The minimum absolute atomic E-state index is 0.418. The molecule has 3 nitrogen and oxygen atoms in total. The van der Waals surface area contributed by atoms with Crippen LogP contribution in [0.3, 0.4) is 0 Å². The van der Waals surface area contributed by atoms with Crippen molar-refractivity contribution in [3.8, 4) is 0 Å². The van der Waals surface area contributed by atoms with Crippen molar-refractivity contribution in [1.82, 2.24) is 9.55 Å². The third kappa shape index (κ3) is 7.73. The largest absolute Gasteiger partial charge is 0.380 e. The van der Waals surface area contributed by atoms with Crippen LogP contribution in [0.1, 0.15) is 38.2 Å². The summed E-state index contributed by atoms with van der Waals surface area (Å²) in [5.74, 6) is 0.968. The number of unbranched alkanes of at least 4 members (excludes halogenated alkanes) is 3. The van der Waals surface area contributed by atoms with Gasteiger partial charge in [0, 0.05) is 41.6 Å². The van der Waals surface area contributed by atoms with Gasteiger partial charge in [0.05, 0.1) is 12.9 Å². The molecule has 1 aromatic carbocycles. The molecule has 24 heavy (non-hydrogen) atoms. The number of nitrogens with zero attached hydrogens (tertiary/aromatic N) is 2. The van der Waals surface area contributed by atoms with Crippen molar-refractivity contribution in [2.24, 2.45) is 0 Å². The molecule has 1 atom stereocenters. The molecule has 1 unspecified atom stereocenters. The molecule has 2 rings (SSSR count). The van der Waals surface area contributed by atoms with Gasteiger partial charge in [-0.3, -0.25) is 0 Å². The van der Waals surface area contributed by atoms with Crippen LogP contribution in [-0.2, 0) is 17.0 Å². The summed E-state index contributed by atoms with van der Waals surface area (Å²) in [6.07, 6.45) is 10.7. The first-order valence-corrected chi connectivity index (χ1v) is 10.1. The number of ether oxygens (including phenoxy) is 1. The Balaban J connectivity index is 1.77. The number of imidazole rings is 1. The van der Waals surface area contributed by atoms with Crippen molar-refractivity contribution < 1.29 is 4.74 Å². The van der Waals surface area contributed by atoms with Gasteiger partial charge in [-0.2, -0.15) is 0 Å². The Morgan fingerprint density at radius 1 is 1.21 bits per heavy atom. The highest BCUT2D eigenvalue weighted by molar-refractivity contribution is 7.99. The van der Waals surface area contributed by atoms with E-state index in [9.17, 15) is 0 Å². The summed E-state index contributed by atoms with van der Waals surface area (Å²) in [6.45, 7) is 4.80. The van der Waals surface area contributed by atoms with Gasteiger partial charge in [0.15, 0.2) is 0 Å². The first-order valence-electron chi connectivity index (χ1n) is 8.67. The maximum Gasteiger partial charge on any atom is 0.0946 e. The molecule has 0 N–H and O–H groups in total. The molecule has 0 amide bonds. The van der Waals surface area contributed by atoms with Crippen LogP contribution in [0.15, 0.2) is 43.0 Å². The van der Waals surface area contributed by atoms with Crippen LogP contribution < -0.4 is 0 Å². The second-order valence-electron chi connectivity index (χ2n) is 5.95. The fourth-order valence-corrected chi connectivity index (χ4v) is 3.64. The Hall–Kier alpha value is -0.970. The number of benzene rings is 1. The topological polar surface area (TPSA) is 27.1 Å². The summed E-state index contributed by atoms with van der Waals surface area (Å²) in [5, 5.41) is 1.20. The quantitative estimate of drug-likeness (QED) is 0.468. The van der Waals surface area contributed by atoms with E-state index in [0.717, 1.165) is 37.0 Å². The van der Waals surface area contributed by atoms with Gasteiger partial charge in [-0.05, 0) is 24.1 Å². The summed E-state index contributed by atoms with van der Waals surface area (Å²) in [6, 6.07) is 8.09. The molecule has 0 aliphatic heterocycles. The van der Waals surface area contributed by atoms with Gasteiger partial charge >= 0.3 is 0 Å². The lowest BCUT2D eigenvalue weighted by molar-refractivity contribution is 0.128. The molecule has 1 heterocycles. The number of hydrogen-bond acceptors (Lipinski definition) is 3. The summed E-state index contributed by atoms with van der Waals surface area (Å²) in [7, 11) is 0. The molecule has 0 aliphatic carbocycles. The summed E-state index contributed by atoms with van der Waals surface area (Å²) < 4.78 is 8.05. The van der Waals surface area contributed by atoms with E-state index < -0.39 is 0 Å². The first kappa shape index (κ1) is 19.4. The van der Waals surface area contributed by atoms with Crippen molar-refractivity contribution in [2.45, 2.75) is 50.2 Å². The molecule has 132 valence electrons. The van der Waals surface area contributed by atoms with Crippen molar-refractivity contribution >= 4 is 23.4 Å². The SMILES string of the molecule is CCCCCCOCC(Cn1ccnc1)SCc1ccc(Cl)cc1. The normalized spacial score (nSPS) is 12.4. The smallest absolute Gasteiger partial charge is 0.0946 e. The van der Waals surface area contributed by atoms with E-state index in [1.807, 2.05) is 42.6 Å². The summed E-state index contributed by atoms with van der Waals surface area (Å²) in [4.78, 5) is 4.13. The first-order chi connectivity index (χ1) is 11.8. The Morgan fingerprint density at radius 2 is 2.04 bits per heavy atom. The van der Waals surface area contributed by atoms with Crippen LogP contribution in [0.4, 0.5) is 0 Å². The van der Waals surface area contributed by atoms with E-state index in [-0.39, 0.29) is 0 Å². The molecule has 0 radical (unpaired) electrons. The van der Waals surface area contributed by atoms with Gasteiger partial charge in [-0.1, -0.05) is 49.9 Å². The molecule has 5 heteroatoms. The van der Waals surface area contributed by atoms with Gasteiger partial charge in [0.1, 0.15) is 0 Å². The highest BCUT2D eigenvalue weighted by atomic mass is 35.5. The Morgan fingerprint density at radius 3 is 2.75 bits per heavy atom. The molecule has 2 aromatic rings. The molecule has 0 saturated carbocycles. The Bertz CT molecular complexity index is 545. The van der Waals surface area contributed by atoms with Crippen LogP contribution in [0.25, 0.3) is 0 Å². The van der Waals surface area contributed by atoms with E-state index in [1.54, 1.807) is 0 Å². The number of thioether (sulfide) groups is 1. The number of hydrogen-bond donors (Lipinski definition) is 0. The van der Waals surface area contributed by atoms with Gasteiger partial charge in [0.2, 0.25) is 0 Å². The van der Waals surface area contributed by atoms with Crippen LogP contribution in [0.2, 0.25) is 5.02 Å². The lowest BCUT2D eigenvalue weighted by Crippen LogP contribution is -2.19. The van der Waals surface area contributed by atoms with Crippen molar-refractivity contribution in [3.63, 3.8) is 0 Å². The fraction of sp³-hybridized carbons (Fsp3) is 0.526. The standard InChI is InChI=1S/C19H27ClN2OS/c1-2-3-4-5-12-23-14-19(13-22-11-10-21-16-22)24-15-17-6-8-18(20)9-7-17/h6-11,16,19H,2-5,12-15H2,1H3. The van der Waals surface area contributed by atoms with E-state index >= 15 is 0 Å². The minimum Gasteiger partial charge on any atom is -0.380 e. The molecule has 0 fully saturated rings. The fourth-order valence-electron chi connectivity index (χ4n) is 2.42. The highest BCUT2D eigenvalue weighted by Gasteiger charge is 2.11. The molecular weight excluding hydrogens is 340 g/mol. The third-order valence-corrected chi connectivity index (χ3v) is 5.33. The zero-order valence-electron chi connectivity index (χ0n) is 14.4. The van der Waals surface area contributed by atoms with Gasteiger partial charge < -0.3 is 9.30 Å². The summed E-state index contributed by atoms with van der Waals surface area (Å²) >= 11 is 7.88. The van der Waals surface area contributed by atoms with Gasteiger partial charge in [-0.25, -0.2) is 4.98 Å². The Labute approximate surface area is 154 Å². The minimum atomic E-state index is 0.418. The third-order valence-electron chi connectivity index (χ3n) is 3.82. The zero-order valence-corrected chi connectivity index (χ0v) is 15.9. The second kappa shape index (κ2) is 11.6. The molecule has 0 bridgehead atoms. The number of aromatic nitrogens is 2. The van der Waals surface area contributed by atoms with Crippen molar-refractivity contribution in [3.05, 3.63) is 53.6 Å². The van der Waals surface area contributed by atoms with Crippen LogP contribution in [-0.4, -0.2) is 28.0 Å². The molecule has 1 aromatic heterocycles. The monoisotopic (exact) mass is 366 g/mol. The van der Waals surface area contributed by atoms with E-state index in [1.165, 1.54) is 24.8 Å².